The fraction of sp³-hybridized carbons (Fsp3) is 0. The van der Waals surface area contributed by atoms with Gasteiger partial charge >= 0.3 is 6.03 Å². The van der Waals surface area contributed by atoms with Crippen LogP contribution in [0.3, 0.4) is 0 Å². The third-order valence-corrected chi connectivity index (χ3v) is 3.74. The lowest BCUT2D eigenvalue weighted by Gasteiger charge is -2.23. The molecule has 2 aliphatic rings. The van der Waals surface area contributed by atoms with Crippen molar-refractivity contribution in [1.29, 1.82) is 0 Å². The number of nitrogens with zero attached hydrogens (tertiary/aromatic N) is 2. The number of urea groups is 1. The molecule has 1 aliphatic heterocycles. The molecule has 0 atom stereocenters. The number of barbiturate groups is 1. The van der Waals surface area contributed by atoms with Gasteiger partial charge in [-0.1, -0.05) is 6.07 Å². The number of Topliss-reactive ketones (excluding diaryl/α,β-unsaturated/α-hetero) is 1. The van der Waals surface area contributed by atoms with E-state index < -0.39 is 29.2 Å². The molecule has 0 aromatic carbocycles. The van der Waals surface area contributed by atoms with Crippen molar-refractivity contribution >= 4 is 29.2 Å². The number of aromatic nitrogens is 2. The first-order chi connectivity index (χ1) is 11.6. The average Bonchev–Trinajstić information content (AvgIpc) is 2.57. The number of imide groups is 2. The summed E-state index contributed by atoms with van der Waals surface area (Å²) in [7, 11) is 0. The highest BCUT2D eigenvalue weighted by atomic mass is 16.2. The van der Waals surface area contributed by atoms with Crippen molar-refractivity contribution < 1.29 is 19.2 Å². The van der Waals surface area contributed by atoms with Crippen molar-refractivity contribution in [2.75, 3.05) is 0 Å². The topological polar surface area (TPSA) is 118 Å². The Kier molecular flexibility index (Phi) is 2.86. The van der Waals surface area contributed by atoms with Crippen molar-refractivity contribution in [2.24, 2.45) is 0 Å². The molecule has 1 saturated heterocycles. The fourth-order valence-electron chi connectivity index (χ4n) is 2.77. The first-order valence-corrected chi connectivity index (χ1v) is 6.94. The van der Waals surface area contributed by atoms with Crippen LogP contribution in [0.25, 0.3) is 17.0 Å². The van der Waals surface area contributed by atoms with Crippen molar-refractivity contribution in [3.63, 3.8) is 0 Å². The number of fused-ring (bicyclic) bond motifs is 3. The monoisotopic (exact) mass is 320 g/mol. The van der Waals surface area contributed by atoms with Crippen LogP contribution in [-0.2, 0) is 9.59 Å². The number of pyridine rings is 2. The molecule has 0 saturated carbocycles. The lowest BCUT2D eigenvalue weighted by atomic mass is 9.83. The Bertz CT molecular complexity index is 971. The minimum atomic E-state index is -0.925. The van der Waals surface area contributed by atoms with Gasteiger partial charge in [0.25, 0.3) is 11.8 Å². The van der Waals surface area contributed by atoms with E-state index in [4.69, 9.17) is 0 Å². The van der Waals surface area contributed by atoms with Crippen molar-refractivity contribution in [2.45, 2.75) is 0 Å². The minimum Gasteiger partial charge on any atom is -0.288 e. The summed E-state index contributed by atoms with van der Waals surface area (Å²) in [5.41, 5.74) is 0.833. The van der Waals surface area contributed by atoms with Gasteiger partial charge < -0.3 is 0 Å². The van der Waals surface area contributed by atoms with Crippen LogP contribution < -0.4 is 10.6 Å². The summed E-state index contributed by atoms with van der Waals surface area (Å²) in [5.74, 6) is -2.36. The molecule has 2 N–H and O–H groups in total. The Hall–Kier alpha value is -3.68. The second-order valence-electron chi connectivity index (χ2n) is 5.12. The molecule has 0 radical (unpaired) electrons. The Labute approximate surface area is 134 Å². The normalized spacial score (nSPS) is 16.3. The second-order valence-corrected chi connectivity index (χ2v) is 5.12. The third kappa shape index (κ3) is 1.86. The van der Waals surface area contributed by atoms with Crippen molar-refractivity contribution in [3.05, 3.63) is 53.4 Å². The minimum absolute atomic E-state index is 0.0962. The van der Waals surface area contributed by atoms with Crippen molar-refractivity contribution in [3.8, 4) is 11.4 Å². The summed E-state index contributed by atoms with van der Waals surface area (Å²) in [6.07, 6.45) is 3.06. The van der Waals surface area contributed by atoms with E-state index in [0.29, 0.717) is 17.0 Å². The molecule has 1 aliphatic carbocycles. The van der Waals surface area contributed by atoms with Gasteiger partial charge in [-0.15, -0.1) is 0 Å². The molecular weight excluding hydrogens is 312 g/mol. The molecule has 8 heteroatoms. The van der Waals surface area contributed by atoms with Gasteiger partial charge in [-0.05, 0) is 18.2 Å². The van der Waals surface area contributed by atoms with Crippen LogP contribution in [0.2, 0.25) is 0 Å². The summed E-state index contributed by atoms with van der Waals surface area (Å²) >= 11 is 0. The van der Waals surface area contributed by atoms with Gasteiger partial charge in [0.2, 0.25) is 0 Å². The molecule has 0 spiro atoms. The van der Waals surface area contributed by atoms with Crippen LogP contribution in [-0.4, -0.2) is 33.6 Å². The van der Waals surface area contributed by atoms with Gasteiger partial charge in [-0.25, -0.2) is 4.79 Å². The summed E-state index contributed by atoms with van der Waals surface area (Å²) in [6, 6.07) is 5.37. The molecule has 2 aromatic heterocycles. The van der Waals surface area contributed by atoms with Gasteiger partial charge in [-0.3, -0.25) is 35.0 Å². The Morgan fingerprint density at radius 1 is 0.708 bits per heavy atom. The summed E-state index contributed by atoms with van der Waals surface area (Å²) < 4.78 is 0. The van der Waals surface area contributed by atoms with E-state index in [2.05, 4.69) is 9.97 Å². The first kappa shape index (κ1) is 13.9. The number of ketones is 1. The zero-order chi connectivity index (χ0) is 16.8. The van der Waals surface area contributed by atoms with Gasteiger partial charge in [0.1, 0.15) is 11.3 Å². The van der Waals surface area contributed by atoms with Crippen LogP contribution in [0.4, 0.5) is 4.79 Å². The number of amides is 4. The predicted octanol–water partition coefficient (Wildman–Crippen LogP) is 0.459. The lowest BCUT2D eigenvalue weighted by molar-refractivity contribution is -0.123. The Morgan fingerprint density at radius 3 is 1.88 bits per heavy atom. The molecule has 3 heterocycles. The molecular formula is C16H8N4O4. The van der Waals surface area contributed by atoms with E-state index in [1.807, 2.05) is 10.6 Å². The van der Waals surface area contributed by atoms with E-state index in [-0.39, 0.29) is 11.1 Å². The van der Waals surface area contributed by atoms with Crippen LogP contribution >= 0.6 is 0 Å². The summed E-state index contributed by atoms with van der Waals surface area (Å²) in [6.45, 7) is 0. The van der Waals surface area contributed by atoms with E-state index >= 15 is 0 Å². The van der Waals surface area contributed by atoms with Crippen LogP contribution in [0.1, 0.15) is 15.9 Å². The molecule has 4 amide bonds. The molecule has 2 aromatic rings. The summed E-state index contributed by atoms with van der Waals surface area (Å²) in [5, 5.41) is 3.95. The maximum Gasteiger partial charge on any atom is 0.328 e. The van der Waals surface area contributed by atoms with E-state index in [0.717, 1.165) is 0 Å². The fourth-order valence-corrected chi connectivity index (χ4v) is 2.77. The van der Waals surface area contributed by atoms with Gasteiger partial charge in [0.05, 0.1) is 16.8 Å². The Balaban J connectivity index is 2.06. The highest BCUT2D eigenvalue weighted by Crippen LogP contribution is 2.38. The predicted molar refractivity (Wildman–Crippen MR) is 80.4 cm³/mol. The van der Waals surface area contributed by atoms with Crippen LogP contribution in [0, 0.1) is 0 Å². The molecule has 8 nitrogen and oxygen atoms in total. The molecule has 0 bridgehead atoms. The second kappa shape index (κ2) is 4.92. The third-order valence-electron chi connectivity index (χ3n) is 3.74. The SMILES string of the molecule is O=C1NC(=O)C(=C2C(=O)c3cccnc3-c3ncccc32)C(=O)N1. The number of nitrogens with one attached hydrogen (secondary N) is 2. The molecule has 0 unspecified atom stereocenters. The number of carbonyl (C=O) groups excluding carboxylic acids is 4. The van der Waals surface area contributed by atoms with Gasteiger partial charge in [-0.2, -0.15) is 0 Å². The standard InChI is InChI=1S/C16H8N4O4/c21-13-8-4-2-6-18-12(8)11-7(3-1-5-17-11)9(13)10-14(22)19-16(24)20-15(10)23/h1-6H,(H2,19,20,22,23,24). The van der Waals surface area contributed by atoms with Crippen LogP contribution in [0.15, 0.2) is 42.2 Å². The highest BCUT2D eigenvalue weighted by Gasteiger charge is 2.38. The zero-order valence-electron chi connectivity index (χ0n) is 12.0. The van der Waals surface area contributed by atoms with E-state index in [9.17, 15) is 19.2 Å². The molecule has 116 valence electrons. The lowest BCUT2D eigenvalue weighted by Crippen LogP contribution is -2.52. The molecule has 4 rings (SSSR count). The van der Waals surface area contributed by atoms with E-state index in [1.165, 1.54) is 12.4 Å². The van der Waals surface area contributed by atoms with E-state index in [1.54, 1.807) is 24.3 Å². The van der Waals surface area contributed by atoms with Crippen LogP contribution in [0.5, 0.6) is 0 Å². The maximum atomic E-state index is 12.9. The maximum absolute atomic E-state index is 12.9. The average molecular weight is 320 g/mol. The molecule has 24 heavy (non-hydrogen) atoms. The van der Waals surface area contributed by atoms with Gasteiger partial charge in [0, 0.05) is 18.0 Å². The zero-order valence-corrected chi connectivity index (χ0v) is 12.0. The molecule has 1 fully saturated rings. The van der Waals surface area contributed by atoms with Gasteiger partial charge in [0.15, 0.2) is 5.78 Å². The number of carbonyl (C=O) groups is 4. The first-order valence-electron chi connectivity index (χ1n) is 6.94. The quantitative estimate of drug-likeness (QED) is 0.538. The Morgan fingerprint density at radius 2 is 1.25 bits per heavy atom. The highest BCUT2D eigenvalue weighted by molar-refractivity contribution is 6.44. The smallest absolute Gasteiger partial charge is 0.288 e. The number of hydrogen-bond acceptors (Lipinski definition) is 6. The van der Waals surface area contributed by atoms with Crippen molar-refractivity contribution in [1.82, 2.24) is 20.6 Å². The largest absolute Gasteiger partial charge is 0.328 e. The number of allylic oxidation sites excluding steroid dienone is 1. The number of rotatable bonds is 0. The summed E-state index contributed by atoms with van der Waals surface area (Å²) in [4.78, 5) is 56.8. The number of hydrogen-bond donors (Lipinski definition) is 2.